The van der Waals surface area contributed by atoms with E-state index in [0.29, 0.717) is 17.4 Å². The van der Waals surface area contributed by atoms with E-state index in [0.717, 1.165) is 47.5 Å². The molecule has 142 valence electrons. The summed E-state index contributed by atoms with van der Waals surface area (Å²) >= 11 is 3.11. The van der Waals surface area contributed by atoms with Gasteiger partial charge in [-0.2, -0.15) is 5.26 Å². The van der Waals surface area contributed by atoms with Gasteiger partial charge in [0.05, 0.1) is 23.4 Å². The summed E-state index contributed by atoms with van der Waals surface area (Å²) in [5.41, 5.74) is 2.77. The van der Waals surface area contributed by atoms with Crippen LogP contribution in [0.3, 0.4) is 0 Å². The molecular weight excluding hydrogens is 390 g/mol. The van der Waals surface area contributed by atoms with Crippen LogP contribution in [0.4, 0.5) is 10.9 Å². The summed E-state index contributed by atoms with van der Waals surface area (Å²) in [6.07, 6.45) is 9.67. The Balaban J connectivity index is 1.45. The smallest absolute Gasteiger partial charge is 0.188 e. The van der Waals surface area contributed by atoms with Gasteiger partial charge in [0.2, 0.25) is 0 Å². The molecule has 1 fully saturated rings. The fraction of sp³-hybridized carbons (Fsp3) is 0.316. The zero-order chi connectivity index (χ0) is 19.3. The number of likely N-dealkylation sites (tertiary alicyclic amines) is 1. The molecule has 0 radical (unpaired) electrons. The Labute approximate surface area is 171 Å². The van der Waals surface area contributed by atoms with Gasteiger partial charge in [0, 0.05) is 36.1 Å². The van der Waals surface area contributed by atoms with E-state index in [9.17, 15) is 0 Å². The molecular formula is C19H19N7S2. The number of nitrogens with zero attached hydrogens (tertiary/aromatic N) is 6. The first-order valence-electron chi connectivity index (χ1n) is 8.92. The Morgan fingerprint density at radius 3 is 3.00 bits per heavy atom. The number of anilines is 2. The molecule has 3 aromatic rings. The van der Waals surface area contributed by atoms with Crippen LogP contribution in [0.15, 0.2) is 41.3 Å². The standard InChI is InChI=1S/C19H19N7S2/c1-27-18-22-9-14(10-23-18)11-26-6-2-3-16(26)15-12-28-19(24-15)25-17-7-13(8-20)4-5-21-17/h4-5,7,9-10,12,16H,2-3,6,11H2,1H3,(H,21,24,25)/t16-/m1/s1. The van der Waals surface area contributed by atoms with Gasteiger partial charge in [-0.1, -0.05) is 11.8 Å². The minimum absolute atomic E-state index is 0.297. The molecule has 1 N–H and O–H groups in total. The van der Waals surface area contributed by atoms with E-state index in [1.807, 2.05) is 18.6 Å². The van der Waals surface area contributed by atoms with Crippen LogP contribution in [0.5, 0.6) is 0 Å². The molecule has 1 aliphatic heterocycles. The second kappa shape index (κ2) is 8.65. The van der Waals surface area contributed by atoms with Crippen LogP contribution in [0.1, 0.15) is 35.7 Å². The first kappa shape index (κ1) is 18.8. The van der Waals surface area contributed by atoms with E-state index in [-0.39, 0.29) is 0 Å². The van der Waals surface area contributed by atoms with E-state index in [1.165, 1.54) is 0 Å². The van der Waals surface area contributed by atoms with E-state index >= 15 is 0 Å². The molecule has 1 atom stereocenters. The number of rotatable bonds is 6. The Kier molecular flexibility index (Phi) is 5.81. The lowest BCUT2D eigenvalue weighted by atomic mass is 10.1. The van der Waals surface area contributed by atoms with Gasteiger partial charge in [-0.15, -0.1) is 11.3 Å². The molecule has 4 rings (SSSR count). The maximum Gasteiger partial charge on any atom is 0.188 e. The van der Waals surface area contributed by atoms with Crippen LogP contribution in [0.2, 0.25) is 0 Å². The topological polar surface area (TPSA) is 90.6 Å². The maximum absolute atomic E-state index is 9.02. The minimum atomic E-state index is 0.297. The molecule has 0 unspecified atom stereocenters. The van der Waals surface area contributed by atoms with Gasteiger partial charge in [0.25, 0.3) is 0 Å². The molecule has 0 bridgehead atoms. The summed E-state index contributed by atoms with van der Waals surface area (Å²) in [6.45, 7) is 1.87. The molecule has 1 aliphatic rings. The highest BCUT2D eigenvalue weighted by atomic mass is 32.2. The Bertz CT molecular complexity index is 980. The molecule has 1 saturated heterocycles. The van der Waals surface area contributed by atoms with Crippen molar-refractivity contribution in [3.8, 4) is 6.07 Å². The fourth-order valence-corrected chi connectivity index (χ4v) is 4.37. The second-order valence-corrected chi connectivity index (χ2v) is 8.08. The number of thiazole rings is 1. The number of hydrogen-bond donors (Lipinski definition) is 1. The van der Waals surface area contributed by atoms with Crippen molar-refractivity contribution in [1.82, 2.24) is 24.8 Å². The molecule has 3 aromatic heterocycles. The summed E-state index contributed by atoms with van der Waals surface area (Å²) in [6, 6.07) is 5.83. The molecule has 0 aromatic carbocycles. The number of pyridine rings is 1. The predicted octanol–water partition coefficient (Wildman–Crippen LogP) is 4.00. The van der Waals surface area contributed by atoms with Crippen LogP contribution >= 0.6 is 23.1 Å². The summed E-state index contributed by atoms with van der Waals surface area (Å²) in [7, 11) is 0. The summed E-state index contributed by atoms with van der Waals surface area (Å²) < 4.78 is 0. The first-order valence-corrected chi connectivity index (χ1v) is 11.0. The molecule has 0 spiro atoms. The van der Waals surface area contributed by atoms with Crippen molar-refractivity contribution in [2.24, 2.45) is 0 Å². The molecule has 0 saturated carbocycles. The highest BCUT2D eigenvalue weighted by Crippen LogP contribution is 2.35. The average Bonchev–Trinajstić information content (AvgIpc) is 3.38. The SMILES string of the molecule is CSc1ncc(CN2CCC[C@@H]2c2csc(Nc3cc(C#N)ccn3)n2)cn1. The van der Waals surface area contributed by atoms with Crippen LogP contribution in [-0.4, -0.2) is 37.6 Å². The zero-order valence-corrected chi connectivity index (χ0v) is 17.0. The average molecular weight is 410 g/mol. The van der Waals surface area contributed by atoms with Crippen LogP contribution in [0.25, 0.3) is 0 Å². The van der Waals surface area contributed by atoms with Crippen LogP contribution < -0.4 is 5.32 Å². The number of nitrogens with one attached hydrogen (secondary N) is 1. The van der Waals surface area contributed by atoms with Crippen molar-refractivity contribution in [2.75, 3.05) is 18.1 Å². The second-order valence-electron chi connectivity index (χ2n) is 6.45. The third kappa shape index (κ3) is 4.30. The van der Waals surface area contributed by atoms with E-state index in [1.54, 1.807) is 41.4 Å². The largest absolute Gasteiger partial charge is 0.316 e. The van der Waals surface area contributed by atoms with Crippen molar-refractivity contribution >= 4 is 34.0 Å². The molecule has 4 heterocycles. The summed E-state index contributed by atoms with van der Waals surface area (Å²) in [5, 5.41) is 15.9. The maximum atomic E-state index is 9.02. The van der Waals surface area contributed by atoms with Gasteiger partial charge in [0.15, 0.2) is 10.3 Å². The number of hydrogen-bond acceptors (Lipinski definition) is 9. The third-order valence-corrected chi connectivity index (χ3v) is 5.95. The van der Waals surface area contributed by atoms with Crippen molar-refractivity contribution in [3.63, 3.8) is 0 Å². The monoisotopic (exact) mass is 409 g/mol. The Hall–Kier alpha value is -2.54. The summed E-state index contributed by atoms with van der Waals surface area (Å²) in [4.78, 5) is 20.2. The Morgan fingerprint density at radius 1 is 1.36 bits per heavy atom. The van der Waals surface area contributed by atoms with Gasteiger partial charge in [-0.05, 0) is 37.8 Å². The lowest BCUT2D eigenvalue weighted by Crippen LogP contribution is -2.23. The molecule has 7 nitrogen and oxygen atoms in total. The number of aromatic nitrogens is 4. The third-order valence-electron chi connectivity index (χ3n) is 4.60. The van der Waals surface area contributed by atoms with Crippen molar-refractivity contribution in [2.45, 2.75) is 30.6 Å². The minimum Gasteiger partial charge on any atom is -0.316 e. The van der Waals surface area contributed by atoms with Gasteiger partial charge >= 0.3 is 0 Å². The van der Waals surface area contributed by atoms with Crippen LogP contribution in [0, 0.1) is 11.3 Å². The normalized spacial score (nSPS) is 16.8. The first-order chi connectivity index (χ1) is 13.7. The van der Waals surface area contributed by atoms with Crippen molar-refractivity contribution < 1.29 is 0 Å². The number of nitriles is 1. The lowest BCUT2D eigenvalue weighted by molar-refractivity contribution is 0.244. The lowest BCUT2D eigenvalue weighted by Gasteiger charge is -2.22. The van der Waals surface area contributed by atoms with E-state index in [2.05, 4.69) is 36.6 Å². The van der Waals surface area contributed by atoms with Gasteiger partial charge < -0.3 is 5.32 Å². The zero-order valence-electron chi connectivity index (χ0n) is 15.4. The fourth-order valence-electron chi connectivity index (χ4n) is 3.29. The molecule has 0 aliphatic carbocycles. The van der Waals surface area contributed by atoms with Crippen molar-refractivity contribution in [1.29, 1.82) is 5.26 Å². The molecule has 0 amide bonds. The Morgan fingerprint density at radius 2 is 2.21 bits per heavy atom. The molecule has 9 heteroatoms. The predicted molar refractivity (Wildman–Crippen MR) is 111 cm³/mol. The van der Waals surface area contributed by atoms with Gasteiger partial charge in [-0.25, -0.2) is 19.9 Å². The van der Waals surface area contributed by atoms with Crippen LogP contribution in [-0.2, 0) is 6.54 Å². The highest BCUT2D eigenvalue weighted by Gasteiger charge is 2.28. The highest BCUT2D eigenvalue weighted by molar-refractivity contribution is 7.98. The molecule has 28 heavy (non-hydrogen) atoms. The van der Waals surface area contributed by atoms with Gasteiger partial charge in [-0.3, -0.25) is 4.90 Å². The quantitative estimate of drug-likeness (QED) is 0.482. The summed E-state index contributed by atoms with van der Waals surface area (Å²) in [5.74, 6) is 0.634. The van der Waals surface area contributed by atoms with E-state index < -0.39 is 0 Å². The van der Waals surface area contributed by atoms with Crippen molar-refractivity contribution in [3.05, 3.63) is 52.9 Å². The number of thioether (sulfide) groups is 1. The van der Waals surface area contributed by atoms with Gasteiger partial charge in [0.1, 0.15) is 5.82 Å². The van der Waals surface area contributed by atoms with E-state index in [4.69, 9.17) is 10.2 Å².